The number of nitrogens with one attached hydrogen (secondary N) is 1. The molecule has 3 rings (SSSR count). The number of H-pyrrole nitrogens is 1. The lowest BCUT2D eigenvalue weighted by Gasteiger charge is -2.15. The zero-order valence-electron chi connectivity index (χ0n) is 9.60. The van der Waals surface area contributed by atoms with E-state index in [1.165, 1.54) is 17.2 Å². The first kappa shape index (κ1) is 12.2. The molecule has 9 heteroatoms. The summed E-state index contributed by atoms with van der Waals surface area (Å²) < 4.78 is 20.1. The van der Waals surface area contributed by atoms with Crippen LogP contribution in [0.3, 0.4) is 0 Å². The van der Waals surface area contributed by atoms with Crippen molar-refractivity contribution in [2.24, 2.45) is 0 Å². The fraction of sp³-hybridized carbons (Fsp3) is 0.500. The molecular weight excluding hydrogens is 259 g/mol. The first-order chi connectivity index (χ1) is 9.13. The van der Waals surface area contributed by atoms with E-state index in [9.17, 15) is 14.3 Å². The second kappa shape index (κ2) is 4.37. The monoisotopic (exact) mass is 270 g/mol. The third-order valence-electron chi connectivity index (χ3n) is 3.11. The van der Waals surface area contributed by atoms with E-state index >= 15 is 0 Å². The minimum atomic E-state index is -1.71. The van der Waals surface area contributed by atoms with Crippen molar-refractivity contribution < 1.29 is 19.3 Å². The van der Waals surface area contributed by atoms with Gasteiger partial charge in [0.15, 0.2) is 23.6 Å². The van der Waals surface area contributed by atoms with Crippen LogP contribution in [0.1, 0.15) is 6.23 Å². The summed E-state index contributed by atoms with van der Waals surface area (Å²) in [5.41, 5.74) is -0.188. The van der Waals surface area contributed by atoms with Gasteiger partial charge in [0.2, 0.25) is 0 Å². The number of hydrogen-bond donors (Lipinski definition) is 3. The van der Waals surface area contributed by atoms with Gasteiger partial charge in [-0.05, 0) is 0 Å². The van der Waals surface area contributed by atoms with Crippen LogP contribution in [0.15, 0.2) is 17.4 Å². The van der Waals surface area contributed by atoms with Crippen molar-refractivity contribution in [3.63, 3.8) is 0 Å². The molecule has 0 spiro atoms. The summed E-state index contributed by atoms with van der Waals surface area (Å²) in [6, 6.07) is 0. The van der Waals surface area contributed by atoms with Crippen molar-refractivity contribution >= 4 is 11.2 Å². The number of halogens is 1. The summed E-state index contributed by atoms with van der Waals surface area (Å²) in [5.74, 6) is 0. The number of alkyl halides is 1. The summed E-state index contributed by atoms with van der Waals surface area (Å²) in [5, 5.41) is 18.7. The zero-order valence-corrected chi connectivity index (χ0v) is 9.60. The number of ether oxygens (including phenoxy) is 1. The van der Waals surface area contributed by atoms with Crippen molar-refractivity contribution in [2.75, 3.05) is 6.61 Å². The third-order valence-corrected chi connectivity index (χ3v) is 3.11. The summed E-state index contributed by atoms with van der Waals surface area (Å²) in [7, 11) is 0. The molecule has 1 aliphatic rings. The molecule has 0 aliphatic carbocycles. The van der Waals surface area contributed by atoms with Crippen molar-refractivity contribution in [2.45, 2.75) is 24.6 Å². The van der Waals surface area contributed by atoms with E-state index in [-0.39, 0.29) is 11.2 Å². The van der Waals surface area contributed by atoms with Gasteiger partial charge < -0.3 is 19.9 Å². The van der Waals surface area contributed by atoms with Gasteiger partial charge >= 0.3 is 0 Å². The number of hydrogen-bond acceptors (Lipinski definition) is 6. The first-order valence-corrected chi connectivity index (χ1v) is 5.62. The van der Waals surface area contributed by atoms with Crippen molar-refractivity contribution in [1.82, 2.24) is 19.5 Å². The Balaban J connectivity index is 2.06. The molecular formula is C10H11FN4O4. The molecule has 1 unspecified atom stereocenters. The molecule has 4 atom stereocenters. The van der Waals surface area contributed by atoms with E-state index in [1.54, 1.807) is 0 Å². The van der Waals surface area contributed by atoms with Gasteiger partial charge in [-0.15, -0.1) is 0 Å². The molecule has 0 aromatic carbocycles. The molecule has 2 aromatic rings. The minimum absolute atomic E-state index is 0.0705. The second-order valence-corrected chi connectivity index (χ2v) is 4.24. The lowest BCUT2D eigenvalue weighted by molar-refractivity contribution is -0.0495. The van der Waals surface area contributed by atoms with E-state index in [2.05, 4.69) is 15.0 Å². The number of aliphatic hydroxyl groups is 2. The fourth-order valence-corrected chi connectivity index (χ4v) is 2.13. The lowest BCUT2D eigenvalue weighted by atomic mass is 10.1. The Kier molecular flexibility index (Phi) is 2.81. The van der Waals surface area contributed by atoms with Crippen LogP contribution in [0.25, 0.3) is 11.2 Å². The van der Waals surface area contributed by atoms with Crippen LogP contribution >= 0.6 is 0 Å². The topological polar surface area (TPSA) is 113 Å². The van der Waals surface area contributed by atoms with Gasteiger partial charge in [-0.2, -0.15) is 0 Å². The maximum Gasteiger partial charge on any atom is 0.278 e. The zero-order chi connectivity index (χ0) is 13.6. The number of fused-ring (bicyclic) bond motifs is 1. The highest BCUT2D eigenvalue weighted by Gasteiger charge is 2.45. The highest BCUT2D eigenvalue weighted by atomic mass is 19.1. The number of aromatic amines is 1. The van der Waals surface area contributed by atoms with Crippen LogP contribution in [0, 0.1) is 0 Å². The molecule has 3 N–H and O–H groups in total. The standard InChI is InChI=1S/C10H11FN4O4/c11-5-4(1-16)19-10(7(5)17)15-3-14-6-8(15)12-2-13-9(6)18/h2-5,7,10,16-17H,1H2,(H,12,13,18)/t4-,5?,7+,10-/m1/s1. The summed E-state index contributed by atoms with van der Waals surface area (Å²) in [6.07, 6.45) is -2.94. The SMILES string of the molecule is O=c1[nH]cnc2c1ncn2[C@@H]1O[C@H](CO)C(F)[C@@H]1O. The van der Waals surface area contributed by atoms with Crippen LogP contribution in [0.4, 0.5) is 4.39 Å². The Hall–Kier alpha value is -1.84. The van der Waals surface area contributed by atoms with Crippen LogP contribution in [0.5, 0.6) is 0 Å². The number of aromatic nitrogens is 4. The normalized spacial score (nSPS) is 31.1. The number of rotatable bonds is 2. The van der Waals surface area contributed by atoms with E-state index in [4.69, 9.17) is 9.84 Å². The maximum absolute atomic E-state index is 13.6. The number of imidazole rings is 1. The molecule has 2 aromatic heterocycles. The van der Waals surface area contributed by atoms with Crippen LogP contribution in [-0.4, -0.2) is 54.7 Å². The van der Waals surface area contributed by atoms with Gasteiger partial charge in [-0.1, -0.05) is 0 Å². The van der Waals surface area contributed by atoms with Gasteiger partial charge in [0.25, 0.3) is 5.56 Å². The summed E-state index contributed by atoms with van der Waals surface area (Å²) in [4.78, 5) is 21.6. The third kappa shape index (κ3) is 1.74. The minimum Gasteiger partial charge on any atom is -0.394 e. The number of nitrogens with zero attached hydrogens (tertiary/aromatic N) is 3. The molecule has 1 aliphatic heterocycles. The van der Waals surface area contributed by atoms with Gasteiger partial charge in [0, 0.05) is 0 Å². The highest BCUT2D eigenvalue weighted by Crippen LogP contribution is 2.32. The van der Waals surface area contributed by atoms with Crippen molar-refractivity contribution in [3.05, 3.63) is 23.0 Å². The quantitative estimate of drug-likeness (QED) is 0.625. The highest BCUT2D eigenvalue weighted by molar-refractivity contribution is 5.68. The van der Waals surface area contributed by atoms with Gasteiger partial charge in [0.1, 0.15) is 12.2 Å². The molecule has 0 radical (unpaired) electrons. The molecule has 3 heterocycles. The summed E-state index contributed by atoms with van der Waals surface area (Å²) in [6.45, 7) is -0.546. The van der Waals surface area contributed by atoms with Crippen LogP contribution < -0.4 is 5.56 Å². The molecule has 102 valence electrons. The second-order valence-electron chi connectivity index (χ2n) is 4.24. The van der Waals surface area contributed by atoms with Crippen molar-refractivity contribution in [3.8, 4) is 0 Å². The molecule has 8 nitrogen and oxygen atoms in total. The van der Waals surface area contributed by atoms with Gasteiger partial charge in [-0.25, -0.2) is 14.4 Å². The Labute approximate surface area is 105 Å². The first-order valence-electron chi connectivity index (χ1n) is 5.62. The molecule has 0 bridgehead atoms. The van der Waals surface area contributed by atoms with Crippen LogP contribution in [0.2, 0.25) is 0 Å². The Morgan fingerprint density at radius 1 is 1.53 bits per heavy atom. The average molecular weight is 270 g/mol. The van der Waals surface area contributed by atoms with Gasteiger partial charge in [0.05, 0.1) is 19.3 Å². The van der Waals surface area contributed by atoms with Crippen molar-refractivity contribution in [1.29, 1.82) is 0 Å². The van der Waals surface area contributed by atoms with Crippen LogP contribution in [-0.2, 0) is 4.74 Å². The van der Waals surface area contributed by atoms with E-state index in [1.807, 2.05) is 0 Å². The van der Waals surface area contributed by atoms with E-state index in [0.29, 0.717) is 0 Å². The largest absolute Gasteiger partial charge is 0.394 e. The van der Waals surface area contributed by atoms with Gasteiger partial charge in [-0.3, -0.25) is 9.36 Å². The Morgan fingerprint density at radius 3 is 3.00 bits per heavy atom. The van der Waals surface area contributed by atoms with E-state index < -0.39 is 36.8 Å². The molecule has 1 fully saturated rings. The average Bonchev–Trinajstić information content (AvgIpc) is 2.94. The predicted molar refractivity (Wildman–Crippen MR) is 60.0 cm³/mol. The molecule has 19 heavy (non-hydrogen) atoms. The fourth-order valence-electron chi connectivity index (χ4n) is 2.13. The molecule has 1 saturated heterocycles. The smallest absolute Gasteiger partial charge is 0.278 e. The lowest BCUT2D eigenvalue weighted by Crippen LogP contribution is -2.29. The van der Waals surface area contributed by atoms with E-state index in [0.717, 1.165) is 0 Å². The molecule has 0 amide bonds. The molecule has 0 saturated carbocycles. The Bertz CT molecular complexity index is 656. The Morgan fingerprint density at radius 2 is 2.32 bits per heavy atom. The number of aliphatic hydroxyl groups excluding tert-OH is 2. The predicted octanol–water partition coefficient (Wildman–Crippen LogP) is -1.29. The summed E-state index contributed by atoms with van der Waals surface area (Å²) >= 11 is 0. The maximum atomic E-state index is 13.6.